The maximum absolute atomic E-state index is 12.1. The van der Waals surface area contributed by atoms with Gasteiger partial charge in [0.05, 0.1) is 17.7 Å². The fourth-order valence-corrected chi connectivity index (χ4v) is 2.66. The van der Waals surface area contributed by atoms with E-state index in [-0.39, 0.29) is 11.4 Å². The van der Waals surface area contributed by atoms with E-state index in [0.717, 1.165) is 6.42 Å². The minimum atomic E-state index is -3.59. The Kier molecular flexibility index (Phi) is 4.81. The Hall–Kier alpha value is -2.06. The molecule has 0 unspecified atom stereocenters. The van der Waals surface area contributed by atoms with Crippen LogP contribution in [0.5, 0.6) is 5.75 Å². The van der Waals surface area contributed by atoms with Crippen LogP contribution in [0, 0.1) is 0 Å². The van der Waals surface area contributed by atoms with Crippen molar-refractivity contribution in [3.8, 4) is 5.75 Å². The highest BCUT2D eigenvalue weighted by atomic mass is 32.2. The SMILES string of the molecule is CCCOc1ccc(S(=O)(=O)NCc2cn[nH]c2N)cc1. The molecule has 1 aromatic heterocycles. The fraction of sp³-hybridized carbons (Fsp3) is 0.308. The first-order valence-electron chi connectivity index (χ1n) is 6.53. The Morgan fingerprint density at radius 1 is 1.33 bits per heavy atom. The number of hydrogen-bond donors (Lipinski definition) is 3. The first-order chi connectivity index (χ1) is 10.0. The smallest absolute Gasteiger partial charge is 0.240 e. The summed E-state index contributed by atoms with van der Waals surface area (Å²) in [5, 5.41) is 6.28. The quantitative estimate of drug-likeness (QED) is 0.713. The molecule has 0 fully saturated rings. The number of nitrogens with two attached hydrogens (primary N) is 1. The zero-order valence-electron chi connectivity index (χ0n) is 11.7. The van der Waals surface area contributed by atoms with Crippen LogP contribution < -0.4 is 15.2 Å². The zero-order chi connectivity index (χ0) is 15.3. The van der Waals surface area contributed by atoms with Gasteiger partial charge in [-0.15, -0.1) is 0 Å². The number of sulfonamides is 1. The van der Waals surface area contributed by atoms with Gasteiger partial charge in [0.1, 0.15) is 11.6 Å². The summed E-state index contributed by atoms with van der Waals surface area (Å²) in [6.07, 6.45) is 2.38. The Labute approximate surface area is 123 Å². The predicted molar refractivity (Wildman–Crippen MR) is 79.3 cm³/mol. The van der Waals surface area contributed by atoms with Gasteiger partial charge in [0.25, 0.3) is 0 Å². The van der Waals surface area contributed by atoms with Crippen molar-refractivity contribution in [3.05, 3.63) is 36.0 Å². The molecule has 0 amide bonds. The highest BCUT2D eigenvalue weighted by molar-refractivity contribution is 7.89. The molecule has 21 heavy (non-hydrogen) atoms. The molecule has 0 atom stereocenters. The molecule has 0 bridgehead atoms. The maximum Gasteiger partial charge on any atom is 0.240 e. The summed E-state index contributed by atoms with van der Waals surface area (Å²) in [6, 6.07) is 6.28. The molecule has 2 rings (SSSR count). The van der Waals surface area contributed by atoms with E-state index in [1.54, 1.807) is 12.1 Å². The maximum atomic E-state index is 12.1. The average molecular weight is 310 g/mol. The van der Waals surface area contributed by atoms with Crippen molar-refractivity contribution in [2.45, 2.75) is 24.8 Å². The first kappa shape index (κ1) is 15.3. The molecule has 114 valence electrons. The number of nitrogens with zero attached hydrogens (tertiary/aromatic N) is 1. The summed E-state index contributed by atoms with van der Waals surface area (Å²) >= 11 is 0. The van der Waals surface area contributed by atoms with E-state index in [0.29, 0.717) is 23.7 Å². The van der Waals surface area contributed by atoms with Crippen molar-refractivity contribution in [3.63, 3.8) is 0 Å². The monoisotopic (exact) mass is 310 g/mol. The van der Waals surface area contributed by atoms with Crippen LogP contribution in [0.1, 0.15) is 18.9 Å². The van der Waals surface area contributed by atoms with Crippen molar-refractivity contribution in [1.29, 1.82) is 0 Å². The van der Waals surface area contributed by atoms with Crippen LogP contribution in [0.15, 0.2) is 35.4 Å². The molecular formula is C13H18N4O3S. The number of aromatic nitrogens is 2. The van der Waals surface area contributed by atoms with Crippen LogP contribution in [0.4, 0.5) is 5.82 Å². The van der Waals surface area contributed by atoms with Crippen molar-refractivity contribution < 1.29 is 13.2 Å². The number of nitrogen functional groups attached to an aromatic ring is 1. The molecule has 8 heteroatoms. The van der Waals surface area contributed by atoms with Gasteiger partial charge < -0.3 is 10.5 Å². The third-order valence-corrected chi connectivity index (χ3v) is 4.23. The van der Waals surface area contributed by atoms with Crippen molar-refractivity contribution in [1.82, 2.24) is 14.9 Å². The largest absolute Gasteiger partial charge is 0.494 e. The van der Waals surface area contributed by atoms with Gasteiger partial charge in [0.15, 0.2) is 0 Å². The molecule has 0 aliphatic rings. The molecular weight excluding hydrogens is 292 g/mol. The van der Waals surface area contributed by atoms with Crippen molar-refractivity contribution >= 4 is 15.8 Å². The predicted octanol–water partition coefficient (Wildman–Crippen LogP) is 1.26. The van der Waals surface area contributed by atoms with Crippen molar-refractivity contribution in [2.75, 3.05) is 12.3 Å². The molecule has 0 aliphatic heterocycles. The molecule has 7 nitrogen and oxygen atoms in total. The molecule has 2 aromatic rings. The van der Waals surface area contributed by atoms with Crippen LogP contribution in [-0.2, 0) is 16.6 Å². The first-order valence-corrected chi connectivity index (χ1v) is 8.01. The van der Waals surface area contributed by atoms with Gasteiger partial charge in [-0.05, 0) is 30.7 Å². The minimum absolute atomic E-state index is 0.0821. The fourth-order valence-electron chi connectivity index (χ4n) is 1.65. The second kappa shape index (κ2) is 6.59. The normalized spacial score (nSPS) is 11.5. The summed E-state index contributed by atoms with van der Waals surface area (Å²) in [5.74, 6) is 0.996. The van der Waals surface area contributed by atoms with E-state index in [4.69, 9.17) is 10.5 Å². The Morgan fingerprint density at radius 2 is 2.05 bits per heavy atom. The minimum Gasteiger partial charge on any atom is -0.494 e. The second-order valence-corrected chi connectivity index (χ2v) is 6.22. The van der Waals surface area contributed by atoms with Crippen LogP contribution in [0.3, 0.4) is 0 Å². The van der Waals surface area contributed by atoms with Crippen LogP contribution >= 0.6 is 0 Å². The number of hydrogen-bond acceptors (Lipinski definition) is 5. The van der Waals surface area contributed by atoms with Gasteiger partial charge in [0, 0.05) is 12.1 Å². The topological polar surface area (TPSA) is 110 Å². The standard InChI is InChI=1S/C13H18N4O3S/c1-2-7-20-11-3-5-12(6-4-11)21(18,19)16-9-10-8-15-17-13(10)14/h3-6,8,16H,2,7,9H2,1H3,(H3,14,15,17). The lowest BCUT2D eigenvalue weighted by Crippen LogP contribution is -2.23. The highest BCUT2D eigenvalue weighted by Gasteiger charge is 2.14. The molecule has 0 spiro atoms. The Morgan fingerprint density at radius 3 is 2.62 bits per heavy atom. The Bertz CT molecular complexity index is 680. The van der Waals surface area contributed by atoms with Gasteiger partial charge in [-0.3, -0.25) is 5.10 Å². The van der Waals surface area contributed by atoms with E-state index in [9.17, 15) is 8.42 Å². The van der Waals surface area contributed by atoms with Crippen molar-refractivity contribution in [2.24, 2.45) is 0 Å². The number of benzene rings is 1. The van der Waals surface area contributed by atoms with Crippen LogP contribution in [0.25, 0.3) is 0 Å². The van der Waals surface area contributed by atoms with E-state index in [1.807, 2.05) is 6.92 Å². The second-order valence-electron chi connectivity index (χ2n) is 4.45. The van der Waals surface area contributed by atoms with Gasteiger partial charge in [-0.25, -0.2) is 13.1 Å². The number of ether oxygens (including phenoxy) is 1. The molecule has 0 saturated heterocycles. The Balaban J connectivity index is 2.03. The van der Waals surface area contributed by atoms with E-state index in [2.05, 4.69) is 14.9 Å². The lowest BCUT2D eigenvalue weighted by Gasteiger charge is -2.08. The number of H-pyrrole nitrogens is 1. The number of anilines is 1. The summed E-state index contributed by atoms with van der Waals surface area (Å²) in [4.78, 5) is 0.174. The highest BCUT2D eigenvalue weighted by Crippen LogP contribution is 2.16. The van der Waals surface area contributed by atoms with Crippen LogP contribution in [-0.4, -0.2) is 25.2 Å². The summed E-state index contributed by atoms with van der Waals surface area (Å²) in [7, 11) is -3.59. The van der Waals surface area contributed by atoms with E-state index < -0.39 is 10.0 Å². The number of nitrogens with one attached hydrogen (secondary N) is 2. The lowest BCUT2D eigenvalue weighted by molar-refractivity contribution is 0.317. The zero-order valence-corrected chi connectivity index (χ0v) is 12.5. The van der Waals surface area contributed by atoms with Gasteiger partial charge in [-0.1, -0.05) is 6.92 Å². The van der Waals surface area contributed by atoms with E-state index >= 15 is 0 Å². The number of rotatable bonds is 7. The van der Waals surface area contributed by atoms with Gasteiger partial charge in [-0.2, -0.15) is 5.10 Å². The molecule has 4 N–H and O–H groups in total. The third-order valence-electron chi connectivity index (χ3n) is 2.81. The lowest BCUT2D eigenvalue weighted by atomic mass is 10.3. The number of aromatic amines is 1. The summed E-state index contributed by atoms with van der Waals surface area (Å²) in [5.41, 5.74) is 6.20. The van der Waals surface area contributed by atoms with Gasteiger partial charge >= 0.3 is 0 Å². The summed E-state index contributed by atoms with van der Waals surface area (Å²) < 4.78 is 32.2. The van der Waals surface area contributed by atoms with Crippen LogP contribution in [0.2, 0.25) is 0 Å². The van der Waals surface area contributed by atoms with Gasteiger partial charge in [0.2, 0.25) is 10.0 Å². The third kappa shape index (κ3) is 3.96. The summed E-state index contributed by atoms with van der Waals surface area (Å²) in [6.45, 7) is 2.69. The van der Waals surface area contributed by atoms with E-state index in [1.165, 1.54) is 18.3 Å². The molecule has 1 aromatic carbocycles. The molecule has 0 saturated carbocycles. The molecule has 0 radical (unpaired) electrons. The average Bonchev–Trinajstić information content (AvgIpc) is 2.89. The molecule has 1 heterocycles. The molecule has 0 aliphatic carbocycles.